The smallest absolute Gasteiger partial charge is 0.225 e. The predicted molar refractivity (Wildman–Crippen MR) is 87.9 cm³/mol. The number of amides is 1. The van der Waals surface area contributed by atoms with Gasteiger partial charge in [0.05, 0.1) is 23.7 Å². The van der Waals surface area contributed by atoms with Crippen molar-refractivity contribution in [2.24, 2.45) is 5.92 Å². The Bertz CT molecular complexity index is 678. The highest BCUT2D eigenvalue weighted by Gasteiger charge is 2.18. The zero-order valence-corrected chi connectivity index (χ0v) is 13.8. The van der Waals surface area contributed by atoms with Crippen molar-refractivity contribution >= 4 is 17.2 Å². The predicted octanol–water partition coefficient (Wildman–Crippen LogP) is 2.95. The van der Waals surface area contributed by atoms with Gasteiger partial charge in [-0.3, -0.25) is 4.79 Å². The fraction of sp³-hybridized carbons (Fsp3) is 0.412. The minimum absolute atomic E-state index is 0.0103. The van der Waals surface area contributed by atoms with Crippen LogP contribution < -0.4 is 5.32 Å². The Morgan fingerprint density at radius 3 is 2.91 bits per heavy atom. The van der Waals surface area contributed by atoms with Crippen LogP contribution in [0.3, 0.4) is 0 Å². The van der Waals surface area contributed by atoms with Crippen LogP contribution in [0.2, 0.25) is 0 Å². The largest absolute Gasteiger partial charge is 0.381 e. The van der Waals surface area contributed by atoms with Gasteiger partial charge >= 0.3 is 0 Å². The Hall–Kier alpha value is -1.79. The standard InChI is InChI=1S/C17H19FN2O2S/c1-11-20-17(13-2-4-14(18)5-3-13)15(23-11)8-16(21)19-9-12-6-7-22-10-12/h2-5,12H,6-10H2,1H3,(H,19,21). The maximum absolute atomic E-state index is 13.1. The van der Waals surface area contributed by atoms with E-state index in [1.807, 2.05) is 6.92 Å². The fourth-order valence-electron chi connectivity index (χ4n) is 2.63. The third-order valence-corrected chi connectivity index (χ3v) is 4.83. The van der Waals surface area contributed by atoms with Gasteiger partial charge in [-0.15, -0.1) is 11.3 Å². The molecule has 23 heavy (non-hydrogen) atoms. The van der Waals surface area contributed by atoms with Gasteiger partial charge in [-0.05, 0) is 37.6 Å². The van der Waals surface area contributed by atoms with Crippen LogP contribution in [0.5, 0.6) is 0 Å². The van der Waals surface area contributed by atoms with Crippen molar-refractivity contribution in [2.45, 2.75) is 19.8 Å². The Morgan fingerprint density at radius 2 is 2.22 bits per heavy atom. The molecule has 0 bridgehead atoms. The van der Waals surface area contributed by atoms with Crippen LogP contribution in [-0.4, -0.2) is 30.6 Å². The minimum atomic E-state index is -0.279. The van der Waals surface area contributed by atoms with Crippen molar-refractivity contribution in [1.29, 1.82) is 0 Å². The first-order valence-corrected chi connectivity index (χ1v) is 8.50. The van der Waals surface area contributed by atoms with Crippen LogP contribution in [0.15, 0.2) is 24.3 Å². The van der Waals surface area contributed by atoms with Gasteiger partial charge in [0.2, 0.25) is 5.91 Å². The summed E-state index contributed by atoms with van der Waals surface area (Å²) in [6, 6.07) is 6.21. The third-order valence-electron chi connectivity index (χ3n) is 3.85. The number of ether oxygens (including phenoxy) is 1. The molecule has 1 unspecified atom stereocenters. The molecule has 2 heterocycles. The molecular formula is C17H19FN2O2S. The average Bonchev–Trinajstić information content (AvgIpc) is 3.16. The number of thiazole rings is 1. The van der Waals surface area contributed by atoms with Crippen molar-refractivity contribution < 1.29 is 13.9 Å². The van der Waals surface area contributed by atoms with E-state index in [0.29, 0.717) is 18.9 Å². The number of benzene rings is 1. The average molecular weight is 334 g/mol. The molecule has 4 nitrogen and oxygen atoms in total. The van der Waals surface area contributed by atoms with Gasteiger partial charge < -0.3 is 10.1 Å². The van der Waals surface area contributed by atoms with E-state index < -0.39 is 0 Å². The molecular weight excluding hydrogens is 315 g/mol. The Kier molecular flexibility index (Phi) is 5.03. The number of nitrogens with zero attached hydrogens (tertiary/aromatic N) is 1. The van der Waals surface area contributed by atoms with E-state index in [9.17, 15) is 9.18 Å². The number of nitrogens with one attached hydrogen (secondary N) is 1. The van der Waals surface area contributed by atoms with Crippen molar-refractivity contribution in [3.63, 3.8) is 0 Å². The molecule has 2 aromatic rings. The first-order valence-electron chi connectivity index (χ1n) is 7.68. The third kappa shape index (κ3) is 4.14. The van der Waals surface area contributed by atoms with Gasteiger partial charge in [-0.25, -0.2) is 9.37 Å². The number of hydrogen-bond donors (Lipinski definition) is 1. The molecule has 122 valence electrons. The summed E-state index contributed by atoms with van der Waals surface area (Å²) in [6.07, 6.45) is 1.30. The van der Waals surface area contributed by atoms with Crippen LogP contribution in [0, 0.1) is 18.7 Å². The molecule has 0 saturated carbocycles. The highest BCUT2D eigenvalue weighted by atomic mass is 32.1. The summed E-state index contributed by atoms with van der Waals surface area (Å²) in [6.45, 7) is 4.07. The maximum atomic E-state index is 13.1. The van der Waals surface area contributed by atoms with E-state index in [4.69, 9.17) is 4.74 Å². The van der Waals surface area contributed by atoms with Crippen LogP contribution in [0.25, 0.3) is 11.3 Å². The minimum Gasteiger partial charge on any atom is -0.381 e. The highest BCUT2D eigenvalue weighted by Crippen LogP contribution is 2.28. The van der Waals surface area contributed by atoms with Crippen molar-refractivity contribution in [3.05, 3.63) is 40.0 Å². The van der Waals surface area contributed by atoms with Gasteiger partial charge in [-0.2, -0.15) is 0 Å². The highest BCUT2D eigenvalue weighted by molar-refractivity contribution is 7.12. The van der Waals surface area contributed by atoms with E-state index in [1.54, 1.807) is 12.1 Å². The van der Waals surface area contributed by atoms with E-state index in [2.05, 4.69) is 10.3 Å². The van der Waals surface area contributed by atoms with Gasteiger partial charge in [0, 0.05) is 29.5 Å². The SMILES string of the molecule is Cc1nc(-c2ccc(F)cc2)c(CC(=O)NCC2CCOC2)s1. The molecule has 1 atom stereocenters. The zero-order valence-electron chi connectivity index (χ0n) is 13.0. The summed E-state index contributed by atoms with van der Waals surface area (Å²) in [5.74, 6) is 0.126. The quantitative estimate of drug-likeness (QED) is 0.915. The molecule has 1 N–H and O–H groups in total. The summed E-state index contributed by atoms with van der Waals surface area (Å²) in [5, 5.41) is 3.87. The van der Waals surface area contributed by atoms with Gasteiger partial charge in [0.1, 0.15) is 5.82 Å². The molecule has 1 aliphatic heterocycles. The summed E-state index contributed by atoms with van der Waals surface area (Å²) in [5.41, 5.74) is 1.61. The summed E-state index contributed by atoms with van der Waals surface area (Å²) >= 11 is 1.51. The monoisotopic (exact) mass is 334 g/mol. The van der Waals surface area contributed by atoms with Gasteiger partial charge in [0.25, 0.3) is 0 Å². The number of rotatable bonds is 5. The number of aryl methyl sites for hydroxylation is 1. The van der Waals surface area contributed by atoms with E-state index in [0.717, 1.165) is 40.8 Å². The molecule has 6 heteroatoms. The van der Waals surface area contributed by atoms with Gasteiger partial charge in [0.15, 0.2) is 0 Å². The lowest BCUT2D eigenvalue weighted by Gasteiger charge is -2.09. The Morgan fingerprint density at radius 1 is 1.43 bits per heavy atom. The fourth-order valence-corrected chi connectivity index (χ4v) is 3.59. The summed E-state index contributed by atoms with van der Waals surface area (Å²) in [7, 11) is 0. The molecule has 1 fully saturated rings. The molecule has 3 rings (SSSR count). The second-order valence-corrected chi connectivity index (χ2v) is 7.01. The first-order chi connectivity index (χ1) is 11.1. The number of aromatic nitrogens is 1. The molecule has 0 radical (unpaired) electrons. The molecule has 1 aromatic heterocycles. The molecule has 0 aliphatic carbocycles. The summed E-state index contributed by atoms with van der Waals surface area (Å²) in [4.78, 5) is 17.6. The van der Waals surface area contributed by atoms with Crippen molar-refractivity contribution in [3.8, 4) is 11.3 Å². The number of halogens is 1. The molecule has 1 aliphatic rings. The normalized spacial score (nSPS) is 17.4. The van der Waals surface area contributed by atoms with E-state index in [-0.39, 0.29) is 11.7 Å². The number of hydrogen-bond acceptors (Lipinski definition) is 4. The van der Waals surface area contributed by atoms with Gasteiger partial charge in [-0.1, -0.05) is 0 Å². The van der Waals surface area contributed by atoms with Crippen LogP contribution in [0.4, 0.5) is 4.39 Å². The van der Waals surface area contributed by atoms with E-state index >= 15 is 0 Å². The van der Waals surface area contributed by atoms with Crippen molar-refractivity contribution in [2.75, 3.05) is 19.8 Å². The van der Waals surface area contributed by atoms with Crippen LogP contribution >= 0.6 is 11.3 Å². The lowest BCUT2D eigenvalue weighted by molar-refractivity contribution is -0.120. The maximum Gasteiger partial charge on any atom is 0.225 e. The first kappa shape index (κ1) is 16.1. The lowest BCUT2D eigenvalue weighted by Crippen LogP contribution is -2.30. The summed E-state index contributed by atoms with van der Waals surface area (Å²) < 4.78 is 18.4. The molecule has 1 saturated heterocycles. The van der Waals surface area contributed by atoms with Crippen LogP contribution in [-0.2, 0) is 16.0 Å². The second-order valence-electron chi connectivity index (χ2n) is 5.72. The Balaban J connectivity index is 1.67. The molecule has 0 spiro atoms. The number of carbonyl (C=O) groups is 1. The lowest BCUT2D eigenvalue weighted by atomic mass is 10.1. The number of carbonyl (C=O) groups excluding carboxylic acids is 1. The van der Waals surface area contributed by atoms with Crippen molar-refractivity contribution in [1.82, 2.24) is 10.3 Å². The van der Waals surface area contributed by atoms with Crippen LogP contribution in [0.1, 0.15) is 16.3 Å². The zero-order chi connectivity index (χ0) is 16.2. The molecule has 1 aromatic carbocycles. The topological polar surface area (TPSA) is 51.2 Å². The Labute approximate surface area is 138 Å². The molecule has 1 amide bonds. The second kappa shape index (κ2) is 7.19. The van der Waals surface area contributed by atoms with E-state index in [1.165, 1.54) is 23.5 Å².